The fourth-order valence-electron chi connectivity index (χ4n) is 1.47. The van der Waals surface area contributed by atoms with Crippen LogP contribution < -0.4 is 0 Å². The normalized spacial score (nSPS) is 10.3. The molecule has 2 aromatic heterocycles. The van der Waals surface area contributed by atoms with Crippen LogP contribution in [0.1, 0.15) is 16.1 Å². The lowest BCUT2D eigenvalue weighted by atomic mass is 10.2. The van der Waals surface area contributed by atoms with Gasteiger partial charge in [-0.3, -0.25) is 4.98 Å². The molecule has 0 atom stereocenters. The second-order valence-electron chi connectivity index (χ2n) is 3.20. The van der Waals surface area contributed by atoms with Crippen molar-refractivity contribution >= 4 is 5.97 Å². The van der Waals surface area contributed by atoms with Gasteiger partial charge in [-0.25, -0.2) is 4.79 Å². The van der Waals surface area contributed by atoms with Crippen molar-refractivity contribution in [1.82, 2.24) is 14.8 Å². The number of aromatic hydroxyl groups is 1. The summed E-state index contributed by atoms with van der Waals surface area (Å²) in [5, 5.41) is 22.4. The molecule has 6 nitrogen and oxygen atoms in total. The SMILES string of the molecule is Cc1nccc(C(=O)O)c1-n1nccc1O. The summed E-state index contributed by atoms with van der Waals surface area (Å²) in [4.78, 5) is 15.0. The van der Waals surface area contributed by atoms with E-state index in [2.05, 4.69) is 10.1 Å². The molecule has 0 aliphatic heterocycles. The Labute approximate surface area is 90.8 Å². The number of pyridine rings is 1. The Hall–Kier alpha value is -2.37. The predicted octanol–water partition coefficient (Wildman–Crippen LogP) is 0.980. The second kappa shape index (κ2) is 3.65. The molecule has 0 aliphatic carbocycles. The van der Waals surface area contributed by atoms with Gasteiger partial charge < -0.3 is 10.2 Å². The van der Waals surface area contributed by atoms with Gasteiger partial charge >= 0.3 is 5.97 Å². The first-order chi connectivity index (χ1) is 7.61. The quantitative estimate of drug-likeness (QED) is 0.785. The fourth-order valence-corrected chi connectivity index (χ4v) is 1.47. The number of aromatic carboxylic acids is 1. The number of hydrogen-bond acceptors (Lipinski definition) is 4. The minimum absolute atomic E-state index is 0.0477. The third kappa shape index (κ3) is 1.50. The molecule has 0 saturated carbocycles. The van der Waals surface area contributed by atoms with Crippen LogP contribution in [0.25, 0.3) is 5.69 Å². The summed E-state index contributed by atoms with van der Waals surface area (Å²) in [6.45, 7) is 1.66. The van der Waals surface area contributed by atoms with E-state index in [9.17, 15) is 9.90 Å². The molecule has 82 valence electrons. The Morgan fingerprint density at radius 1 is 1.38 bits per heavy atom. The minimum Gasteiger partial charge on any atom is -0.493 e. The van der Waals surface area contributed by atoms with E-state index in [4.69, 9.17) is 5.11 Å². The molecule has 0 aliphatic rings. The van der Waals surface area contributed by atoms with E-state index < -0.39 is 5.97 Å². The molecule has 0 spiro atoms. The molecule has 16 heavy (non-hydrogen) atoms. The highest BCUT2D eigenvalue weighted by Gasteiger charge is 2.17. The van der Waals surface area contributed by atoms with E-state index in [1.54, 1.807) is 6.92 Å². The number of rotatable bonds is 2. The third-order valence-corrected chi connectivity index (χ3v) is 2.17. The zero-order valence-electron chi connectivity index (χ0n) is 8.45. The average Bonchev–Trinajstić information content (AvgIpc) is 2.64. The Kier molecular flexibility index (Phi) is 2.32. The topological polar surface area (TPSA) is 88.2 Å². The number of hydrogen-bond donors (Lipinski definition) is 2. The Balaban J connectivity index is 2.73. The van der Waals surface area contributed by atoms with Gasteiger partial charge in [0, 0.05) is 12.3 Å². The summed E-state index contributed by atoms with van der Waals surface area (Å²) in [6, 6.07) is 2.74. The predicted molar refractivity (Wildman–Crippen MR) is 54.7 cm³/mol. The van der Waals surface area contributed by atoms with Crippen LogP contribution in [0.3, 0.4) is 0 Å². The van der Waals surface area contributed by atoms with Crippen molar-refractivity contribution in [2.45, 2.75) is 6.92 Å². The number of aryl methyl sites for hydroxylation is 1. The molecule has 6 heteroatoms. The van der Waals surface area contributed by atoms with Gasteiger partial charge in [0.15, 0.2) is 0 Å². The zero-order valence-corrected chi connectivity index (χ0v) is 8.45. The number of carbonyl (C=O) groups is 1. The summed E-state index contributed by atoms with van der Waals surface area (Å²) >= 11 is 0. The van der Waals surface area contributed by atoms with Gasteiger partial charge in [0.05, 0.1) is 17.5 Å². The zero-order chi connectivity index (χ0) is 11.7. The molecule has 0 radical (unpaired) electrons. The Bertz CT molecular complexity index is 548. The third-order valence-electron chi connectivity index (χ3n) is 2.17. The van der Waals surface area contributed by atoms with Crippen LogP contribution in [-0.4, -0.2) is 30.9 Å². The van der Waals surface area contributed by atoms with Crippen LogP contribution >= 0.6 is 0 Å². The van der Waals surface area contributed by atoms with Gasteiger partial charge in [0.1, 0.15) is 5.69 Å². The van der Waals surface area contributed by atoms with Crippen LogP contribution in [0.4, 0.5) is 0 Å². The van der Waals surface area contributed by atoms with Crippen molar-refractivity contribution in [2.75, 3.05) is 0 Å². The molecule has 2 heterocycles. The molecule has 0 amide bonds. The fraction of sp³-hybridized carbons (Fsp3) is 0.100. The molecule has 2 aromatic rings. The largest absolute Gasteiger partial charge is 0.493 e. The lowest BCUT2D eigenvalue weighted by molar-refractivity contribution is 0.0696. The smallest absolute Gasteiger partial charge is 0.338 e. The van der Waals surface area contributed by atoms with Crippen LogP contribution in [0.5, 0.6) is 5.88 Å². The van der Waals surface area contributed by atoms with Crippen molar-refractivity contribution in [3.8, 4) is 11.6 Å². The number of carboxylic acids is 1. The van der Waals surface area contributed by atoms with Crippen molar-refractivity contribution in [3.05, 3.63) is 35.8 Å². The van der Waals surface area contributed by atoms with E-state index in [0.717, 1.165) is 4.68 Å². The van der Waals surface area contributed by atoms with Gasteiger partial charge in [-0.05, 0) is 13.0 Å². The van der Waals surface area contributed by atoms with E-state index in [-0.39, 0.29) is 17.1 Å². The van der Waals surface area contributed by atoms with E-state index in [0.29, 0.717) is 5.69 Å². The lowest BCUT2D eigenvalue weighted by Crippen LogP contribution is -2.09. The highest BCUT2D eigenvalue weighted by molar-refractivity contribution is 5.92. The summed E-state index contributed by atoms with van der Waals surface area (Å²) in [5.41, 5.74) is 0.808. The highest BCUT2D eigenvalue weighted by atomic mass is 16.4. The highest BCUT2D eigenvalue weighted by Crippen LogP contribution is 2.21. The van der Waals surface area contributed by atoms with Gasteiger partial charge in [-0.1, -0.05) is 0 Å². The van der Waals surface area contributed by atoms with Gasteiger partial charge in [-0.2, -0.15) is 9.78 Å². The second-order valence-corrected chi connectivity index (χ2v) is 3.20. The van der Waals surface area contributed by atoms with Crippen LogP contribution in [0.15, 0.2) is 24.5 Å². The number of aromatic nitrogens is 3. The molecule has 2 N–H and O–H groups in total. The van der Waals surface area contributed by atoms with E-state index >= 15 is 0 Å². The molecule has 0 fully saturated rings. The summed E-state index contributed by atoms with van der Waals surface area (Å²) in [5.74, 6) is -1.21. The molecule has 0 saturated heterocycles. The van der Waals surface area contributed by atoms with Crippen LogP contribution in [0, 0.1) is 6.92 Å². The van der Waals surface area contributed by atoms with Crippen LogP contribution in [-0.2, 0) is 0 Å². The van der Waals surface area contributed by atoms with Crippen molar-refractivity contribution < 1.29 is 15.0 Å². The van der Waals surface area contributed by atoms with Gasteiger partial charge in [0.2, 0.25) is 5.88 Å². The average molecular weight is 219 g/mol. The molecular weight excluding hydrogens is 210 g/mol. The number of carboxylic acid groups (broad SMARTS) is 1. The van der Waals surface area contributed by atoms with Gasteiger partial charge in [-0.15, -0.1) is 0 Å². The molecule has 0 aromatic carbocycles. The first-order valence-corrected chi connectivity index (χ1v) is 4.53. The van der Waals surface area contributed by atoms with E-state index in [1.807, 2.05) is 0 Å². The first kappa shape index (κ1) is 10.2. The van der Waals surface area contributed by atoms with Crippen LogP contribution in [0.2, 0.25) is 0 Å². The van der Waals surface area contributed by atoms with Crippen molar-refractivity contribution in [3.63, 3.8) is 0 Å². The Morgan fingerprint density at radius 3 is 2.69 bits per heavy atom. The molecular formula is C10H9N3O3. The maximum atomic E-state index is 11.0. The first-order valence-electron chi connectivity index (χ1n) is 4.53. The lowest BCUT2D eigenvalue weighted by Gasteiger charge is -2.09. The Morgan fingerprint density at radius 2 is 2.12 bits per heavy atom. The maximum absolute atomic E-state index is 11.0. The summed E-state index contributed by atoms with van der Waals surface area (Å²) in [7, 11) is 0. The maximum Gasteiger partial charge on any atom is 0.338 e. The summed E-state index contributed by atoms with van der Waals surface area (Å²) in [6.07, 6.45) is 2.79. The molecule has 0 bridgehead atoms. The van der Waals surface area contributed by atoms with Gasteiger partial charge in [0.25, 0.3) is 0 Å². The van der Waals surface area contributed by atoms with E-state index in [1.165, 1.54) is 24.5 Å². The minimum atomic E-state index is -1.09. The molecule has 0 unspecified atom stereocenters. The monoisotopic (exact) mass is 219 g/mol. The molecule has 2 rings (SSSR count). The number of nitrogens with zero attached hydrogens (tertiary/aromatic N) is 3. The summed E-state index contributed by atoms with van der Waals surface area (Å²) < 4.78 is 1.14. The van der Waals surface area contributed by atoms with Crippen molar-refractivity contribution in [1.29, 1.82) is 0 Å². The standard InChI is InChI=1S/C10H9N3O3/c1-6-9(13-8(14)3-5-12-13)7(10(15)16)2-4-11-6/h2-5,14H,1H3,(H,15,16). The van der Waals surface area contributed by atoms with Crippen molar-refractivity contribution in [2.24, 2.45) is 0 Å².